The topological polar surface area (TPSA) is 59.1 Å². The van der Waals surface area contributed by atoms with E-state index >= 15 is 0 Å². The van der Waals surface area contributed by atoms with Crippen molar-refractivity contribution < 1.29 is 9.59 Å². The summed E-state index contributed by atoms with van der Waals surface area (Å²) in [6.07, 6.45) is 4.75. The van der Waals surface area contributed by atoms with Crippen LogP contribution in [0.15, 0.2) is 18.5 Å². The van der Waals surface area contributed by atoms with Crippen molar-refractivity contribution in [1.82, 2.24) is 10.3 Å². The van der Waals surface area contributed by atoms with Gasteiger partial charge in [0.15, 0.2) is 0 Å². The predicted molar refractivity (Wildman–Crippen MR) is 58.8 cm³/mol. The standard InChI is InChI=1S/C11H11ClN2O2/c12-9-6-13-4-3-7(9)5-8-1-2-10(15)14-11(8)16/h3-4,6,8H,1-2,5H2,(H,14,15,16). The van der Waals surface area contributed by atoms with Crippen molar-refractivity contribution in [2.24, 2.45) is 5.92 Å². The largest absolute Gasteiger partial charge is 0.296 e. The molecular weight excluding hydrogens is 228 g/mol. The molecule has 4 nitrogen and oxygen atoms in total. The second-order valence-corrected chi connectivity index (χ2v) is 4.23. The molecule has 0 aromatic carbocycles. The normalized spacial score (nSPS) is 20.7. The number of aromatic nitrogens is 1. The number of halogens is 1. The van der Waals surface area contributed by atoms with Crippen LogP contribution in [-0.4, -0.2) is 16.8 Å². The third kappa shape index (κ3) is 2.39. The van der Waals surface area contributed by atoms with Crippen LogP contribution in [0.1, 0.15) is 18.4 Å². The number of nitrogens with one attached hydrogen (secondary N) is 1. The molecule has 5 heteroatoms. The molecular formula is C11H11ClN2O2. The SMILES string of the molecule is O=C1CCC(Cc2ccncc2Cl)C(=O)N1. The molecule has 1 N–H and O–H groups in total. The average molecular weight is 239 g/mol. The Morgan fingerprint density at radius 2 is 2.31 bits per heavy atom. The number of amides is 2. The number of pyridine rings is 1. The van der Waals surface area contributed by atoms with E-state index in [0.29, 0.717) is 24.3 Å². The second kappa shape index (κ2) is 4.61. The summed E-state index contributed by atoms with van der Waals surface area (Å²) in [4.78, 5) is 26.4. The lowest BCUT2D eigenvalue weighted by molar-refractivity contribution is -0.136. The molecule has 1 aliphatic heterocycles. The Morgan fingerprint density at radius 1 is 1.50 bits per heavy atom. The first-order valence-corrected chi connectivity index (χ1v) is 5.46. The average Bonchev–Trinajstić information content (AvgIpc) is 2.25. The second-order valence-electron chi connectivity index (χ2n) is 3.82. The van der Waals surface area contributed by atoms with Gasteiger partial charge in [-0.15, -0.1) is 0 Å². The van der Waals surface area contributed by atoms with Crippen molar-refractivity contribution in [1.29, 1.82) is 0 Å². The molecule has 84 valence electrons. The molecule has 2 rings (SSSR count). The first kappa shape index (κ1) is 11.1. The summed E-state index contributed by atoms with van der Waals surface area (Å²) in [5.41, 5.74) is 0.895. The van der Waals surface area contributed by atoms with Gasteiger partial charge in [0.1, 0.15) is 0 Å². The number of carbonyl (C=O) groups excluding carboxylic acids is 2. The molecule has 2 heterocycles. The molecule has 1 unspecified atom stereocenters. The number of rotatable bonds is 2. The van der Waals surface area contributed by atoms with Crippen molar-refractivity contribution in [3.63, 3.8) is 0 Å². The van der Waals surface area contributed by atoms with Gasteiger partial charge in [-0.1, -0.05) is 11.6 Å². The van der Waals surface area contributed by atoms with E-state index in [2.05, 4.69) is 10.3 Å². The quantitative estimate of drug-likeness (QED) is 0.791. The zero-order valence-electron chi connectivity index (χ0n) is 8.57. The highest BCUT2D eigenvalue weighted by Crippen LogP contribution is 2.22. The first-order valence-electron chi connectivity index (χ1n) is 5.09. The van der Waals surface area contributed by atoms with E-state index in [-0.39, 0.29) is 17.7 Å². The predicted octanol–water partition coefficient (Wildman–Crippen LogP) is 1.33. The molecule has 1 aromatic rings. The molecule has 0 saturated carbocycles. The number of carbonyl (C=O) groups is 2. The lowest BCUT2D eigenvalue weighted by atomic mass is 9.91. The molecule has 0 spiro atoms. The van der Waals surface area contributed by atoms with Gasteiger partial charge in [0.05, 0.1) is 5.02 Å². The van der Waals surface area contributed by atoms with Gasteiger partial charge in [0.2, 0.25) is 11.8 Å². The van der Waals surface area contributed by atoms with Gasteiger partial charge in [-0.25, -0.2) is 0 Å². The Morgan fingerprint density at radius 3 is 3.00 bits per heavy atom. The van der Waals surface area contributed by atoms with Crippen molar-refractivity contribution in [3.8, 4) is 0 Å². The van der Waals surface area contributed by atoms with Gasteiger partial charge >= 0.3 is 0 Å². The lowest BCUT2D eigenvalue weighted by Gasteiger charge is -2.20. The van der Waals surface area contributed by atoms with Gasteiger partial charge in [0, 0.05) is 24.7 Å². The Bertz CT molecular complexity index is 434. The summed E-state index contributed by atoms with van der Waals surface area (Å²) >= 11 is 5.96. The molecule has 0 radical (unpaired) electrons. The van der Waals surface area contributed by atoms with Gasteiger partial charge in [-0.3, -0.25) is 19.9 Å². The number of hydrogen-bond acceptors (Lipinski definition) is 3. The maximum absolute atomic E-state index is 11.5. The van der Waals surface area contributed by atoms with Crippen molar-refractivity contribution in [3.05, 3.63) is 29.0 Å². The molecule has 16 heavy (non-hydrogen) atoms. The third-order valence-electron chi connectivity index (χ3n) is 2.68. The fourth-order valence-electron chi connectivity index (χ4n) is 1.77. The Hall–Kier alpha value is -1.42. The zero-order chi connectivity index (χ0) is 11.5. The van der Waals surface area contributed by atoms with E-state index in [1.165, 1.54) is 0 Å². The molecule has 2 amide bonds. The van der Waals surface area contributed by atoms with Crippen LogP contribution in [0.4, 0.5) is 0 Å². The van der Waals surface area contributed by atoms with Crippen molar-refractivity contribution >= 4 is 23.4 Å². The molecule has 1 saturated heterocycles. The van der Waals surface area contributed by atoms with Crippen molar-refractivity contribution in [2.45, 2.75) is 19.3 Å². The first-order chi connectivity index (χ1) is 7.66. The summed E-state index contributed by atoms with van der Waals surface area (Å²) in [7, 11) is 0. The van der Waals surface area contributed by atoms with Gasteiger partial charge in [-0.05, 0) is 24.5 Å². The Balaban J connectivity index is 2.08. The Labute approximate surface area is 98.0 Å². The summed E-state index contributed by atoms with van der Waals surface area (Å²) < 4.78 is 0. The number of hydrogen-bond donors (Lipinski definition) is 1. The van der Waals surface area contributed by atoms with Gasteiger partial charge < -0.3 is 0 Å². The summed E-state index contributed by atoms with van der Waals surface area (Å²) in [5.74, 6) is -0.566. The number of piperidine rings is 1. The lowest BCUT2D eigenvalue weighted by Crippen LogP contribution is -2.41. The highest BCUT2D eigenvalue weighted by atomic mass is 35.5. The minimum atomic E-state index is -0.205. The third-order valence-corrected chi connectivity index (χ3v) is 3.02. The van der Waals surface area contributed by atoms with Crippen LogP contribution in [0, 0.1) is 5.92 Å². The van der Waals surface area contributed by atoms with Crippen molar-refractivity contribution in [2.75, 3.05) is 0 Å². The zero-order valence-corrected chi connectivity index (χ0v) is 9.33. The minimum Gasteiger partial charge on any atom is -0.296 e. The van der Waals surface area contributed by atoms with Crippen LogP contribution in [0.5, 0.6) is 0 Å². The van der Waals surface area contributed by atoms with E-state index in [1.807, 2.05) is 0 Å². The maximum Gasteiger partial charge on any atom is 0.230 e. The molecule has 0 bridgehead atoms. The Kier molecular flexibility index (Phi) is 3.19. The minimum absolute atomic E-state index is 0.169. The van der Waals surface area contributed by atoms with Gasteiger partial charge in [-0.2, -0.15) is 0 Å². The van der Waals surface area contributed by atoms with Crippen LogP contribution in [0.3, 0.4) is 0 Å². The van der Waals surface area contributed by atoms with Gasteiger partial charge in [0.25, 0.3) is 0 Å². The summed E-state index contributed by atoms with van der Waals surface area (Å²) in [6, 6.07) is 1.80. The molecule has 1 aromatic heterocycles. The maximum atomic E-state index is 11.5. The number of imide groups is 1. The van der Waals surface area contributed by atoms with Crippen LogP contribution < -0.4 is 5.32 Å². The molecule has 1 fully saturated rings. The van der Waals surface area contributed by atoms with E-state index in [9.17, 15) is 9.59 Å². The highest BCUT2D eigenvalue weighted by molar-refractivity contribution is 6.31. The van der Waals surface area contributed by atoms with Crippen LogP contribution in [0.25, 0.3) is 0 Å². The fourth-order valence-corrected chi connectivity index (χ4v) is 1.96. The highest BCUT2D eigenvalue weighted by Gasteiger charge is 2.26. The van der Waals surface area contributed by atoms with E-state index in [1.54, 1.807) is 18.5 Å². The molecule has 0 aliphatic carbocycles. The number of nitrogens with zero attached hydrogens (tertiary/aromatic N) is 1. The summed E-state index contributed by atoms with van der Waals surface area (Å²) in [5, 5.41) is 2.89. The smallest absolute Gasteiger partial charge is 0.230 e. The van der Waals surface area contributed by atoms with E-state index in [0.717, 1.165) is 5.56 Å². The van der Waals surface area contributed by atoms with E-state index < -0.39 is 0 Å². The van der Waals surface area contributed by atoms with E-state index in [4.69, 9.17) is 11.6 Å². The van der Waals surface area contributed by atoms with Crippen LogP contribution >= 0.6 is 11.6 Å². The van der Waals surface area contributed by atoms with Crippen LogP contribution in [-0.2, 0) is 16.0 Å². The fraction of sp³-hybridized carbons (Fsp3) is 0.364. The molecule has 1 atom stereocenters. The monoisotopic (exact) mass is 238 g/mol. The molecule has 1 aliphatic rings. The van der Waals surface area contributed by atoms with Crippen LogP contribution in [0.2, 0.25) is 5.02 Å². The summed E-state index contributed by atoms with van der Waals surface area (Å²) in [6.45, 7) is 0.